The molecular formula is C21H42O2. The fourth-order valence-corrected chi connectivity index (χ4v) is 2.85. The van der Waals surface area contributed by atoms with Crippen molar-refractivity contribution in [1.29, 1.82) is 0 Å². The van der Waals surface area contributed by atoms with Gasteiger partial charge in [0.2, 0.25) is 0 Å². The zero-order chi connectivity index (χ0) is 17.9. The average molecular weight is 328 g/mol. The van der Waals surface area contributed by atoms with Gasteiger partial charge in [-0.05, 0) is 18.8 Å². The van der Waals surface area contributed by atoms with Crippen LogP contribution >= 0.6 is 0 Å². The standard InChI is InChI=1S/C21H42O2/c1-4-19-23-21(22)18-16-14-12-10-8-6-5-7-9-11-13-15-17-20(2)3/h20H,4-19H2,1-3H3/i1D. The number of ether oxygens (including phenoxy) is 1. The summed E-state index contributed by atoms with van der Waals surface area (Å²) >= 11 is 0. The monoisotopic (exact) mass is 327 g/mol. The lowest BCUT2D eigenvalue weighted by molar-refractivity contribution is -0.143. The second-order valence-electron chi connectivity index (χ2n) is 7.25. The van der Waals surface area contributed by atoms with Gasteiger partial charge in [0.05, 0.1) is 6.61 Å². The summed E-state index contributed by atoms with van der Waals surface area (Å²) in [5.74, 6) is 0.779. The first kappa shape index (κ1) is 20.5. The normalized spacial score (nSPS) is 11.7. The summed E-state index contributed by atoms with van der Waals surface area (Å²) in [4.78, 5) is 11.4. The third-order valence-corrected chi connectivity index (χ3v) is 4.32. The zero-order valence-corrected chi connectivity index (χ0v) is 15.9. The van der Waals surface area contributed by atoms with Crippen LogP contribution in [0.1, 0.15) is 118 Å². The van der Waals surface area contributed by atoms with Crippen molar-refractivity contribution >= 4 is 5.97 Å². The molecule has 0 aliphatic carbocycles. The fourth-order valence-electron chi connectivity index (χ4n) is 2.85. The van der Waals surface area contributed by atoms with Crippen LogP contribution in [-0.4, -0.2) is 12.6 Å². The van der Waals surface area contributed by atoms with Crippen LogP contribution in [0.5, 0.6) is 0 Å². The van der Waals surface area contributed by atoms with E-state index in [1.165, 1.54) is 70.6 Å². The molecule has 0 saturated heterocycles. The van der Waals surface area contributed by atoms with Crippen molar-refractivity contribution in [1.82, 2.24) is 0 Å². The van der Waals surface area contributed by atoms with Crippen molar-refractivity contribution < 1.29 is 10.9 Å². The van der Waals surface area contributed by atoms with Gasteiger partial charge in [0, 0.05) is 7.79 Å². The molecule has 0 radical (unpaired) electrons. The first-order valence-corrected chi connectivity index (χ1v) is 10.1. The highest BCUT2D eigenvalue weighted by molar-refractivity contribution is 5.69. The average Bonchev–Trinajstić information content (AvgIpc) is 2.55. The van der Waals surface area contributed by atoms with Gasteiger partial charge >= 0.3 is 5.97 Å². The van der Waals surface area contributed by atoms with Crippen LogP contribution in [0.15, 0.2) is 0 Å². The molecule has 2 nitrogen and oxygen atoms in total. The number of hydrogen-bond acceptors (Lipinski definition) is 2. The molecule has 2 heteroatoms. The summed E-state index contributed by atoms with van der Waals surface area (Å²) < 4.78 is 12.0. The molecule has 0 aromatic carbocycles. The maximum atomic E-state index is 11.4. The van der Waals surface area contributed by atoms with Gasteiger partial charge in [-0.15, -0.1) is 0 Å². The molecule has 0 aromatic heterocycles. The summed E-state index contributed by atoms with van der Waals surface area (Å²) in [5, 5.41) is 0. The van der Waals surface area contributed by atoms with Gasteiger partial charge in [0.15, 0.2) is 0 Å². The second-order valence-corrected chi connectivity index (χ2v) is 7.25. The Morgan fingerprint density at radius 3 is 1.78 bits per heavy atom. The Morgan fingerprint density at radius 1 is 0.826 bits per heavy atom. The molecule has 0 aliphatic rings. The van der Waals surface area contributed by atoms with E-state index in [4.69, 9.17) is 6.11 Å². The molecule has 0 aliphatic heterocycles. The predicted molar refractivity (Wildman–Crippen MR) is 101 cm³/mol. The Balaban J connectivity index is 3.08. The van der Waals surface area contributed by atoms with Crippen LogP contribution in [0.4, 0.5) is 0 Å². The second kappa shape index (κ2) is 17.8. The lowest BCUT2D eigenvalue weighted by Gasteiger charge is -2.05. The molecule has 0 unspecified atom stereocenters. The first-order chi connectivity index (χ1) is 11.7. The van der Waals surface area contributed by atoms with Crippen molar-refractivity contribution in [3.05, 3.63) is 0 Å². The topological polar surface area (TPSA) is 26.3 Å². The number of esters is 1. The van der Waals surface area contributed by atoms with Crippen molar-refractivity contribution in [3.63, 3.8) is 0 Å². The van der Waals surface area contributed by atoms with Gasteiger partial charge in [-0.1, -0.05) is 97.8 Å². The molecule has 0 fully saturated rings. The van der Waals surface area contributed by atoms with E-state index in [9.17, 15) is 4.79 Å². The molecule has 0 N–H and O–H groups in total. The molecule has 0 amide bonds. The molecule has 0 bridgehead atoms. The molecule has 0 saturated carbocycles. The molecule has 138 valence electrons. The minimum Gasteiger partial charge on any atom is -0.466 e. The molecule has 0 atom stereocenters. The Morgan fingerprint density at radius 2 is 1.30 bits per heavy atom. The summed E-state index contributed by atoms with van der Waals surface area (Å²) in [6.45, 7) is 5.38. The van der Waals surface area contributed by atoms with E-state index in [-0.39, 0.29) is 5.97 Å². The Hall–Kier alpha value is -0.530. The van der Waals surface area contributed by atoms with Crippen molar-refractivity contribution in [2.24, 2.45) is 5.92 Å². The molecular weight excluding hydrogens is 284 g/mol. The molecule has 0 heterocycles. The summed E-state index contributed by atoms with van der Waals surface area (Å²) in [7, 11) is 0. The largest absolute Gasteiger partial charge is 0.466 e. The van der Waals surface area contributed by atoms with Crippen LogP contribution < -0.4 is 0 Å². The van der Waals surface area contributed by atoms with Gasteiger partial charge in [0.25, 0.3) is 0 Å². The SMILES string of the molecule is [2H]CCCOC(=O)CCCCCCCCCCCCCCC(C)C. The lowest BCUT2D eigenvalue weighted by atomic mass is 10.0. The maximum Gasteiger partial charge on any atom is 0.305 e. The quantitative estimate of drug-likeness (QED) is 0.211. The number of rotatable bonds is 17. The van der Waals surface area contributed by atoms with Gasteiger partial charge in [-0.25, -0.2) is 0 Å². The number of unbranched alkanes of at least 4 members (excludes halogenated alkanes) is 11. The van der Waals surface area contributed by atoms with E-state index in [2.05, 4.69) is 13.8 Å². The van der Waals surface area contributed by atoms with Crippen LogP contribution in [0, 0.1) is 5.92 Å². The van der Waals surface area contributed by atoms with E-state index in [1.54, 1.807) is 0 Å². The number of carbonyl (C=O) groups is 1. The third-order valence-electron chi connectivity index (χ3n) is 4.32. The summed E-state index contributed by atoms with van der Waals surface area (Å²) in [6, 6.07) is 0. The van der Waals surface area contributed by atoms with E-state index in [0.29, 0.717) is 26.3 Å². The van der Waals surface area contributed by atoms with Gasteiger partial charge in [-0.3, -0.25) is 4.79 Å². The maximum absolute atomic E-state index is 11.4. The summed E-state index contributed by atoms with van der Waals surface area (Å²) in [5.41, 5.74) is 0. The Labute approximate surface area is 147 Å². The highest BCUT2D eigenvalue weighted by Crippen LogP contribution is 2.14. The van der Waals surface area contributed by atoms with E-state index in [0.717, 1.165) is 18.8 Å². The Bertz CT molecular complexity index is 267. The van der Waals surface area contributed by atoms with Crippen LogP contribution in [0.3, 0.4) is 0 Å². The highest BCUT2D eigenvalue weighted by Gasteiger charge is 2.01. The highest BCUT2D eigenvalue weighted by atomic mass is 16.5. The van der Waals surface area contributed by atoms with Gasteiger partial charge in [-0.2, -0.15) is 0 Å². The van der Waals surface area contributed by atoms with Crippen molar-refractivity contribution in [2.45, 2.75) is 117 Å². The fraction of sp³-hybridized carbons (Fsp3) is 0.952. The van der Waals surface area contributed by atoms with E-state index < -0.39 is 0 Å². The van der Waals surface area contributed by atoms with Gasteiger partial charge < -0.3 is 4.74 Å². The zero-order valence-electron chi connectivity index (χ0n) is 16.9. The van der Waals surface area contributed by atoms with Crippen LogP contribution in [0.25, 0.3) is 0 Å². The number of hydrogen-bond donors (Lipinski definition) is 0. The first-order valence-electron chi connectivity index (χ1n) is 10.8. The molecule has 23 heavy (non-hydrogen) atoms. The minimum atomic E-state index is -0.0863. The lowest BCUT2D eigenvalue weighted by Crippen LogP contribution is -2.04. The number of carbonyl (C=O) groups excluding carboxylic acids is 1. The van der Waals surface area contributed by atoms with Gasteiger partial charge in [0.1, 0.15) is 0 Å². The van der Waals surface area contributed by atoms with E-state index in [1.807, 2.05) is 0 Å². The van der Waals surface area contributed by atoms with Crippen molar-refractivity contribution in [3.8, 4) is 0 Å². The smallest absolute Gasteiger partial charge is 0.305 e. The van der Waals surface area contributed by atoms with Crippen LogP contribution in [-0.2, 0) is 9.53 Å². The Kier molecular flexibility index (Phi) is 15.9. The molecule has 0 spiro atoms. The predicted octanol–water partition coefficient (Wildman–Crippen LogP) is 7.06. The minimum absolute atomic E-state index is 0.0863. The van der Waals surface area contributed by atoms with Crippen molar-refractivity contribution in [2.75, 3.05) is 6.61 Å². The third kappa shape index (κ3) is 19.4. The van der Waals surface area contributed by atoms with E-state index >= 15 is 0 Å². The summed E-state index contributed by atoms with van der Waals surface area (Å²) in [6.07, 6.45) is 18.4. The molecule has 0 aromatic rings. The van der Waals surface area contributed by atoms with Crippen LogP contribution in [0.2, 0.25) is 0 Å². The molecule has 0 rings (SSSR count).